The summed E-state index contributed by atoms with van der Waals surface area (Å²) in [4.78, 5) is 8.09. The summed E-state index contributed by atoms with van der Waals surface area (Å²) in [5.74, 6) is 6.75. The van der Waals surface area contributed by atoms with E-state index in [0.29, 0.717) is 5.95 Å². The molecule has 0 fully saturated rings. The van der Waals surface area contributed by atoms with Gasteiger partial charge in [0.15, 0.2) is 0 Å². The van der Waals surface area contributed by atoms with Crippen molar-refractivity contribution in [2.45, 2.75) is 0 Å². The molecular weight excluding hydrogens is 260 g/mol. The molecule has 0 unspecified atom stereocenters. The zero-order valence-electron chi connectivity index (χ0n) is 11.2. The zero-order chi connectivity index (χ0) is 14.3. The summed E-state index contributed by atoms with van der Waals surface area (Å²) in [6, 6.07) is 17.8. The van der Waals surface area contributed by atoms with Crippen LogP contribution in [0.3, 0.4) is 0 Å². The van der Waals surface area contributed by atoms with Gasteiger partial charge in [0.1, 0.15) is 6.33 Å². The van der Waals surface area contributed by atoms with E-state index in [0.717, 1.165) is 16.7 Å². The Kier molecular flexibility index (Phi) is 3.85. The predicted molar refractivity (Wildman–Crippen MR) is 82.5 cm³/mol. The van der Waals surface area contributed by atoms with Crippen molar-refractivity contribution in [1.29, 1.82) is 0 Å². The minimum atomic E-state index is 0.489. The molecule has 1 aromatic heterocycles. The van der Waals surface area contributed by atoms with Crippen molar-refractivity contribution < 1.29 is 0 Å². The fourth-order valence-corrected chi connectivity index (χ4v) is 1.72. The maximum atomic E-state index is 4.17. The fraction of sp³-hybridized carbons (Fsp3) is 0. The van der Waals surface area contributed by atoms with Crippen LogP contribution < -0.4 is 0 Å². The maximum absolute atomic E-state index is 4.17. The molecule has 0 aliphatic carbocycles. The maximum Gasteiger partial charge on any atom is 0.245 e. The summed E-state index contributed by atoms with van der Waals surface area (Å²) in [6.07, 6.45) is 3.16. The van der Waals surface area contributed by atoms with E-state index in [1.165, 1.54) is 6.33 Å². The van der Waals surface area contributed by atoms with E-state index >= 15 is 0 Å². The van der Waals surface area contributed by atoms with Crippen molar-refractivity contribution in [3.63, 3.8) is 0 Å². The van der Waals surface area contributed by atoms with Gasteiger partial charge in [-0.05, 0) is 29.8 Å². The molecule has 1 heterocycles. The average Bonchev–Trinajstić information content (AvgIpc) is 3.06. The van der Waals surface area contributed by atoms with Gasteiger partial charge in [-0.3, -0.25) is 0 Å². The largest absolute Gasteiger partial charge is 0.245 e. The second-order valence-electron chi connectivity index (χ2n) is 4.31. The van der Waals surface area contributed by atoms with E-state index in [1.54, 1.807) is 6.21 Å². The number of hydrogen-bond donors (Lipinski definition) is 1. The van der Waals surface area contributed by atoms with Gasteiger partial charge in [-0.1, -0.05) is 42.2 Å². The number of H-pyrrole nitrogens is 1. The fourth-order valence-electron chi connectivity index (χ4n) is 1.72. The van der Waals surface area contributed by atoms with E-state index in [-0.39, 0.29) is 0 Å². The Balaban J connectivity index is 1.71. The molecule has 0 atom stereocenters. The number of aromatic nitrogens is 3. The molecule has 4 heteroatoms. The van der Waals surface area contributed by atoms with Gasteiger partial charge >= 0.3 is 0 Å². The second-order valence-corrected chi connectivity index (χ2v) is 4.31. The Labute approximate surface area is 122 Å². The van der Waals surface area contributed by atoms with Gasteiger partial charge in [-0.15, -0.1) is 0 Å². The first-order valence-electron chi connectivity index (χ1n) is 6.47. The number of benzene rings is 2. The summed E-state index contributed by atoms with van der Waals surface area (Å²) in [7, 11) is 0. The number of nitrogens with one attached hydrogen (secondary N) is 1. The van der Waals surface area contributed by atoms with Gasteiger partial charge < -0.3 is 0 Å². The predicted octanol–water partition coefficient (Wildman–Crippen LogP) is 2.96. The molecular formula is C17H12N4. The standard InChI is InChI=1S/C17H12N4/c1-2-4-14(5-3-1)6-7-15-8-10-16(11-9-15)12-18-17-19-13-20-21-17/h1-5,8-13H,(H,19,20,21). The third-order valence-electron chi connectivity index (χ3n) is 2.77. The molecule has 0 radical (unpaired) electrons. The smallest absolute Gasteiger partial charge is 0.244 e. The Morgan fingerprint density at radius 2 is 1.62 bits per heavy atom. The van der Waals surface area contributed by atoms with Gasteiger partial charge in [0.2, 0.25) is 5.95 Å². The minimum Gasteiger partial charge on any atom is -0.244 e. The summed E-state index contributed by atoms with van der Waals surface area (Å²) < 4.78 is 0. The number of hydrogen-bond acceptors (Lipinski definition) is 3. The van der Waals surface area contributed by atoms with Crippen LogP contribution in [0.1, 0.15) is 16.7 Å². The first-order valence-corrected chi connectivity index (χ1v) is 6.47. The Hall–Kier alpha value is -3.19. The molecule has 100 valence electrons. The van der Waals surface area contributed by atoms with Crippen LogP contribution >= 0.6 is 0 Å². The first-order chi connectivity index (χ1) is 10.4. The molecule has 2 aromatic carbocycles. The van der Waals surface area contributed by atoms with Crippen molar-refractivity contribution >= 4 is 12.2 Å². The third-order valence-corrected chi connectivity index (χ3v) is 2.77. The Morgan fingerprint density at radius 1 is 0.905 bits per heavy atom. The number of nitrogens with zero attached hydrogens (tertiary/aromatic N) is 3. The molecule has 21 heavy (non-hydrogen) atoms. The first kappa shape index (κ1) is 12.8. The average molecular weight is 272 g/mol. The van der Waals surface area contributed by atoms with Gasteiger partial charge in [0, 0.05) is 17.3 Å². The third kappa shape index (κ3) is 3.64. The monoisotopic (exact) mass is 272 g/mol. The van der Waals surface area contributed by atoms with Gasteiger partial charge in [0.25, 0.3) is 0 Å². The molecule has 1 N–H and O–H groups in total. The SMILES string of the molecule is C(#Cc1ccc(C=Nc2ncn[nH]2)cc1)c1ccccc1. The number of aromatic amines is 1. The Morgan fingerprint density at radius 3 is 2.29 bits per heavy atom. The van der Waals surface area contributed by atoms with Crippen LogP contribution in [-0.4, -0.2) is 21.4 Å². The highest BCUT2D eigenvalue weighted by Gasteiger charge is 1.92. The number of aliphatic imine (C=N–C) groups is 1. The molecule has 0 aliphatic heterocycles. The molecule has 0 saturated heterocycles. The summed E-state index contributed by atoms with van der Waals surface area (Å²) in [5, 5.41) is 6.41. The van der Waals surface area contributed by atoms with Crippen LogP contribution in [0, 0.1) is 11.8 Å². The highest BCUT2D eigenvalue weighted by Crippen LogP contribution is 2.04. The summed E-state index contributed by atoms with van der Waals surface area (Å²) in [5.41, 5.74) is 2.96. The van der Waals surface area contributed by atoms with Crippen LogP contribution in [0.4, 0.5) is 5.95 Å². The molecule has 0 saturated carbocycles. The number of rotatable bonds is 2. The van der Waals surface area contributed by atoms with Crippen LogP contribution in [0.25, 0.3) is 0 Å². The van der Waals surface area contributed by atoms with E-state index in [4.69, 9.17) is 0 Å². The second kappa shape index (κ2) is 6.31. The van der Waals surface area contributed by atoms with Crippen molar-refractivity contribution in [3.05, 3.63) is 77.6 Å². The highest BCUT2D eigenvalue weighted by atomic mass is 15.2. The van der Waals surface area contributed by atoms with Crippen molar-refractivity contribution in [2.24, 2.45) is 4.99 Å². The minimum absolute atomic E-state index is 0.489. The molecule has 4 nitrogen and oxygen atoms in total. The lowest BCUT2D eigenvalue weighted by Gasteiger charge is -1.93. The van der Waals surface area contributed by atoms with E-state index in [2.05, 4.69) is 32.0 Å². The van der Waals surface area contributed by atoms with Crippen molar-refractivity contribution in [3.8, 4) is 11.8 Å². The molecule has 0 amide bonds. The molecule has 0 bridgehead atoms. The van der Waals surface area contributed by atoms with Crippen LogP contribution in [0.15, 0.2) is 65.9 Å². The van der Waals surface area contributed by atoms with Crippen LogP contribution in [-0.2, 0) is 0 Å². The molecule has 0 aliphatic rings. The lowest BCUT2D eigenvalue weighted by molar-refractivity contribution is 1.08. The normalized spacial score (nSPS) is 10.3. The molecule has 3 rings (SSSR count). The quantitative estimate of drug-likeness (QED) is 0.576. The molecule has 3 aromatic rings. The van der Waals surface area contributed by atoms with Crippen LogP contribution in [0.2, 0.25) is 0 Å². The highest BCUT2D eigenvalue weighted by molar-refractivity contribution is 5.81. The van der Waals surface area contributed by atoms with Crippen molar-refractivity contribution in [2.75, 3.05) is 0 Å². The lowest BCUT2D eigenvalue weighted by atomic mass is 10.1. The Bertz CT molecular complexity index is 776. The van der Waals surface area contributed by atoms with Crippen molar-refractivity contribution in [1.82, 2.24) is 15.2 Å². The topological polar surface area (TPSA) is 53.9 Å². The van der Waals surface area contributed by atoms with Crippen LogP contribution in [0.5, 0.6) is 0 Å². The summed E-state index contributed by atoms with van der Waals surface area (Å²) in [6.45, 7) is 0. The van der Waals surface area contributed by atoms with E-state index < -0.39 is 0 Å². The van der Waals surface area contributed by atoms with Gasteiger partial charge in [0.05, 0.1) is 0 Å². The van der Waals surface area contributed by atoms with Gasteiger partial charge in [-0.25, -0.2) is 10.1 Å². The zero-order valence-corrected chi connectivity index (χ0v) is 11.2. The van der Waals surface area contributed by atoms with E-state index in [9.17, 15) is 0 Å². The lowest BCUT2D eigenvalue weighted by Crippen LogP contribution is -1.82. The van der Waals surface area contributed by atoms with E-state index in [1.807, 2.05) is 54.6 Å². The summed E-state index contributed by atoms with van der Waals surface area (Å²) >= 11 is 0. The molecule has 0 spiro atoms. The van der Waals surface area contributed by atoms with Gasteiger partial charge in [-0.2, -0.15) is 10.1 Å².